The minimum absolute atomic E-state index is 0.273. The highest BCUT2D eigenvalue weighted by Crippen LogP contribution is 2.27. The van der Waals surface area contributed by atoms with Crippen LogP contribution >= 0.6 is 0 Å². The molecule has 0 saturated carbocycles. The summed E-state index contributed by atoms with van der Waals surface area (Å²) in [5.74, 6) is -1.03. The second-order valence-corrected chi connectivity index (χ2v) is 7.39. The van der Waals surface area contributed by atoms with Crippen molar-refractivity contribution in [3.8, 4) is 0 Å². The molecule has 3 aromatic carbocycles. The van der Waals surface area contributed by atoms with Gasteiger partial charge < -0.3 is 5.32 Å². The number of amides is 3. The highest BCUT2D eigenvalue weighted by Gasteiger charge is 2.41. The molecule has 2 atom stereocenters. The second-order valence-electron chi connectivity index (χ2n) is 7.39. The number of imide groups is 1. The Morgan fingerprint density at radius 3 is 1.90 bits per heavy atom. The number of hydrogen-bond acceptors (Lipinski definition) is 3. The first-order valence-electron chi connectivity index (χ1n) is 10.1. The SMILES string of the molecule is C=C[C@H]([C@@H](Cc1ccccc1)NC(=O)c1ccccc1)N1C(=O)c2ccccc2C1=O. The molecule has 5 heteroatoms. The van der Waals surface area contributed by atoms with Gasteiger partial charge in [0.25, 0.3) is 17.7 Å². The van der Waals surface area contributed by atoms with Gasteiger partial charge in [0, 0.05) is 5.56 Å². The third-order valence-electron chi connectivity index (χ3n) is 5.43. The largest absolute Gasteiger partial charge is 0.347 e. The van der Waals surface area contributed by atoms with Gasteiger partial charge in [0.15, 0.2) is 0 Å². The van der Waals surface area contributed by atoms with Crippen molar-refractivity contribution in [2.24, 2.45) is 0 Å². The summed E-state index contributed by atoms with van der Waals surface area (Å²) in [6.07, 6.45) is 1.99. The molecule has 154 valence electrons. The predicted molar refractivity (Wildman–Crippen MR) is 119 cm³/mol. The molecule has 1 aliphatic rings. The van der Waals surface area contributed by atoms with E-state index in [-0.39, 0.29) is 17.7 Å². The summed E-state index contributed by atoms with van der Waals surface area (Å²) in [6, 6.07) is 24.0. The molecule has 0 saturated heterocycles. The van der Waals surface area contributed by atoms with Gasteiger partial charge in [0.1, 0.15) is 0 Å². The molecule has 1 N–H and O–H groups in total. The van der Waals surface area contributed by atoms with Crippen LogP contribution < -0.4 is 5.32 Å². The number of hydrogen-bond donors (Lipinski definition) is 1. The maximum absolute atomic E-state index is 13.1. The van der Waals surface area contributed by atoms with Crippen molar-refractivity contribution in [2.75, 3.05) is 0 Å². The molecule has 1 heterocycles. The lowest BCUT2D eigenvalue weighted by Gasteiger charge is -2.32. The van der Waals surface area contributed by atoms with E-state index in [2.05, 4.69) is 11.9 Å². The molecular formula is C26H22N2O3. The van der Waals surface area contributed by atoms with Gasteiger partial charge in [-0.2, -0.15) is 0 Å². The van der Waals surface area contributed by atoms with E-state index < -0.39 is 12.1 Å². The molecule has 1 aliphatic heterocycles. The number of nitrogens with one attached hydrogen (secondary N) is 1. The van der Waals surface area contributed by atoms with E-state index in [1.165, 1.54) is 4.90 Å². The second kappa shape index (κ2) is 8.79. The standard InChI is InChI=1S/C26H22N2O3/c1-2-23(28-25(30)20-15-9-10-16-21(20)26(28)31)22(17-18-11-5-3-6-12-18)27-24(29)19-13-7-4-8-14-19/h2-16,22-23H,1,17H2,(H,27,29)/t22-,23-/m1/s1. The van der Waals surface area contributed by atoms with Gasteiger partial charge in [-0.1, -0.05) is 66.7 Å². The van der Waals surface area contributed by atoms with Gasteiger partial charge in [-0.25, -0.2) is 0 Å². The summed E-state index contributed by atoms with van der Waals surface area (Å²) in [7, 11) is 0. The third kappa shape index (κ3) is 4.03. The van der Waals surface area contributed by atoms with Crippen LogP contribution in [0.2, 0.25) is 0 Å². The van der Waals surface area contributed by atoms with E-state index in [0.717, 1.165) is 5.56 Å². The van der Waals surface area contributed by atoms with Crippen LogP contribution in [0, 0.1) is 0 Å². The number of nitrogens with zero attached hydrogens (tertiary/aromatic N) is 1. The van der Waals surface area contributed by atoms with E-state index in [0.29, 0.717) is 23.1 Å². The molecule has 31 heavy (non-hydrogen) atoms. The molecule has 4 rings (SSSR count). The normalized spacial score (nSPS) is 14.6. The molecule has 0 bridgehead atoms. The first kappa shape index (κ1) is 20.3. The summed E-state index contributed by atoms with van der Waals surface area (Å²) in [6.45, 7) is 3.88. The monoisotopic (exact) mass is 410 g/mol. The number of carbonyl (C=O) groups excluding carboxylic acids is 3. The third-order valence-corrected chi connectivity index (χ3v) is 5.43. The van der Waals surface area contributed by atoms with Gasteiger partial charge in [-0.3, -0.25) is 19.3 Å². The minimum atomic E-state index is -0.708. The van der Waals surface area contributed by atoms with Crippen molar-refractivity contribution in [3.63, 3.8) is 0 Å². The van der Waals surface area contributed by atoms with E-state index >= 15 is 0 Å². The number of carbonyl (C=O) groups is 3. The Bertz CT molecular complexity index is 1090. The van der Waals surface area contributed by atoms with Crippen molar-refractivity contribution in [1.29, 1.82) is 0 Å². The van der Waals surface area contributed by atoms with Crippen molar-refractivity contribution in [1.82, 2.24) is 10.2 Å². The Morgan fingerprint density at radius 1 is 0.839 bits per heavy atom. The number of benzene rings is 3. The first-order valence-corrected chi connectivity index (χ1v) is 10.1. The van der Waals surface area contributed by atoms with E-state index in [1.54, 1.807) is 54.6 Å². The van der Waals surface area contributed by atoms with Crippen LogP contribution in [-0.4, -0.2) is 34.7 Å². The summed E-state index contributed by atoms with van der Waals surface area (Å²) in [4.78, 5) is 40.3. The van der Waals surface area contributed by atoms with Crippen LogP contribution in [0.4, 0.5) is 0 Å². The smallest absolute Gasteiger partial charge is 0.262 e. The van der Waals surface area contributed by atoms with E-state index in [4.69, 9.17) is 0 Å². The maximum Gasteiger partial charge on any atom is 0.262 e. The lowest BCUT2D eigenvalue weighted by atomic mass is 9.97. The summed E-state index contributed by atoms with van der Waals surface area (Å²) in [5.41, 5.74) is 2.22. The molecular weight excluding hydrogens is 388 g/mol. The van der Waals surface area contributed by atoms with Crippen LogP contribution in [0.25, 0.3) is 0 Å². The predicted octanol–water partition coefficient (Wildman–Crippen LogP) is 3.88. The lowest BCUT2D eigenvalue weighted by molar-refractivity contribution is 0.0576. The highest BCUT2D eigenvalue weighted by molar-refractivity contribution is 6.21. The zero-order valence-corrected chi connectivity index (χ0v) is 16.9. The Hall–Kier alpha value is -3.99. The van der Waals surface area contributed by atoms with Crippen molar-refractivity contribution in [3.05, 3.63) is 120 Å². The molecule has 3 aromatic rings. The molecule has 0 aliphatic carbocycles. The zero-order valence-electron chi connectivity index (χ0n) is 16.9. The van der Waals surface area contributed by atoms with E-state index in [9.17, 15) is 14.4 Å². The van der Waals surface area contributed by atoms with Crippen LogP contribution in [-0.2, 0) is 6.42 Å². The number of rotatable bonds is 7. The van der Waals surface area contributed by atoms with E-state index in [1.807, 2.05) is 36.4 Å². The topological polar surface area (TPSA) is 66.5 Å². The van der Waals surface area contributed by atoms with Crippen molar-refractivity contribution >= 4 is 17.7 Å². The van der Waals surface area contributed by atoms with Crippen LogP contribution in [0.15, 0.2) is 97.6 Å². The molecule has 0 aromatic heterocycles. The van der Waals surface area contributed by atoms with Crippen LogP contribution in [0.5, 0.6) is 0 Å². The van der Waals surface area contributed by atoms with Gasteiger partial charge in [0.05, 0.1) is 23.2 Å². The van der Waals surface area contributed by atoms with Crippen molar-refractivity contribution in [2.45, 2.75) is 18.5 Å². The number of fused-ring (bicyclic) bond motifs is 1. The van der Waals surface area contributed by atoms with Gasteiger partial charge >= 0.3 is 0 Å². The van der Waals surface area contributed by atoms with Gasteiger partial charge in [-0.15, -0.1) is 6.58 Å². The van der Waals surface area contributed by atoms with Crippen LogP contribution in [0.3, 0.4) is 0 Å². The van der Waals surface area contributed by atoms with Gasteiger partial charge in [-0.05, 0) is 36.2 Å². The Balaban J connectivity index is 1.67. The fourth-order valence-electron chi connectivity index (χ4n) is 3.89. The minimum Gasteiger partial charge on any atom is -0.347 e. The van der Waals surface area contributed by atoms with Crippen LogP contribution in [0.1, 0.15) is 36.6 Å². The first-order chi connectivity index (χ1) is 15.1. The summed E-state index contributed by atoms with van der Waals surface area (Å²) >= 11 is 0. The fourth-order valence-corrected chi connectivity index (χ4v) is 3.89. The highest BCUT2D eigenvalue weighted by atomic mass is 16.2. The fraction of sp³-hybridized carbons (Fsp3) is 0.115. The molecule has 0 fully saturated rings. The average Bonchev–Trinajstić information content (AvgIpc) is 3.06. The average molecular weight is 410 g/mol. The molecule has 0 unspecified atom stereocenters. The maximum atomic E-state index is 13.1. The molecule has 3 amide bonds. The Kier molecular flexibility index (Phi) is 5.76. The van der Waals surface area contributed by atoms with Gasteiger partial charge in [0.2, 0.25) is 0 Å². The summed E-state index contributed by atoms with van der Waals surface area (Å²) < 4.78 is 0. The lowest BCUT2D eigenvalue weighted by Crippen LogP contribution is -2.53. The Labute approximate surface area is 181 Å². The zero-order chi connectivity index (χ0) is 21.8. The summed E-state index contributed by atoms with van der Waals surface area (Å²) in [5, 5.41) is 3.02. The molecule has 0 radical (unpaired) electrons. The molecule has 0 spiro atoms. The molecule has 5 nitrogen and oxygen atoms in total. The van der Waals surface area contributed by atoms with Crippen molar-refractivity contribution < 1.29 is 14.4 Å². The Morgan fingerprint density at radius 2 is 1.35 bits per heavy atom. The quantitative estimate of drug-likeness (QED) is 0.475.